The van der Waals surface area contributed by atoms with Gasteiger partial charge in [0, 0.05) is 25.6 Å². The average Bonchev–Trinajstić information content (AvgIpc) is 3.01. The third kappa shape index (κ3) is 6.51. The van der Waals surface area contributed by atoms with Crippen molar-refractivity contribution in [3.05, 3.63) is 113 Å². The number of nitrogens with one attached hydrogen (secondary N) is 2. The third-order valence-electron chi connectivity index (χ3n) is 6.47. The van der Waals surface area contributed by atoms with Gasteiger partial charge in [0.1, 0.15) is 23.7 Å². The number of hydrogen-bond acceptors (Lipinski definition) is 3. The highest BCUT2D eigenvalue weighted by Crippen LogP contribution is 2.31. The molecular weight excluding hydrogens is 488 g/mol. The van der Waals surface area contributed by atoms with Gasteiger partial charge in [-0.15, -0.1) is 0 Å². The Balaban J connectivity index is 1.55. The molecule has 4 rings (SSSR count). The van der Waals surface area contributed by atoms with Crippen molar-refractivity contribution >= 4 is 23.3 Å². The summed E-state index contributed by atoms with van der Waals surface area (Å²) in [5.74, 6) is -3.41. The smallest absolute Gasteiger partial charge is 0.246 e. The normalized spacial score (nSPS) is 18.3. The van der Waals surface area contributed by atoms with Crippen LogP contribution in [0.5, 0.6) is 0 Å². The molecule has 3 atom stereocenters. The van der Waals surface area contributed by atoms with Crippen molar-refractivity contribution < 1.29 is 23.2 Å². The molecule has 8 heteroatoms. The summed E-state index contributed by atoms with van der Waals surface area (Å²) in [7, 11) is 1.69. The van der Waals surface area contributed by atoms with E-state index in [0.717, 1.165) is 34.9 Å². The highest BCUT2D eigenvalue weighted by atomic mass is 19.1. The van der Waals surface area contributed by atoms with Crippen LogP contribution in [0.15, 0.2) is 84.9 Å². The number of carbonyl (C=O) groups excluding carboxylic acids is 3. The van der Waals surface area contributed by atoms with Gasteiger partial charge < -0.3 is 15.5 Å². The first kappa shape index (κ1) is 26.7. The van der Waals surface area contributed by atoms with Gasteiger partial charge in [-0.25, -0.2) is 8.78 Å². The van der Waals surface area contributed by atoms with Gasteiger partial charge in [-0.05, 0) is 41.3 Å². The van der Waals surface area contributed by atoms with Crippen molar-refractivity contribution in [2.45, 2.75) is 31.3 Å². The number of likely N-dealkylation sites (N-methyl/N-ethyl adjacent to an activating group) is 1. The fourth-order valence-electron chi connectivity index (χ4n) is 4.58. The molecule has 0 fully saturated rings. The Labute approximate surface area is 220 Å². The summed E-state index contributed by atoms with van der Waals surface area (Å²) in [5.41, 5.74) is 2.95. The van der Waals surface area contributed by atoms with Crippen molar-refractivity contribution in [3.63, 3.8) is 0 Å². The minimum Gasteiger partial charge on any atom is -0.344 e. The van der Waals surface area contributed by atoms with E-state index in [1.165, 1.54) is 6.92 Å². The highest BCUT2D eigenvalue weighted by molar-refractivity contribution is 5.94. The summed E-state index contributed by atoms with van der Waals surface area (Å²) in [6, 6.07) is 20.1. The topological polar surface area (TPSA) is 78.5 Å². The van der Waals surface area contributed by atoms with Crippen LogP contribution in [0.2, 0.25) is 0 Å². The number of hydrogen-bond donors (Lipinski definition) is 2. The van der Waals surface area contributed by atoms with Crippen LogP contribution in [0.25, 0.3) is 5.57 Å². The fraction of sp³-hybridized carbons (Fsp3) is 0.233. The summed E-state index contributed by atoms with van der Waals surface area (Å²) >= 11 is 0. The van der Waals surface area contributed by atoms with Crippen LogP contribution in [0.1, 0.15) is 29.5 Å². The molecule has 0 bridgehead atoms. The molecule has 1 aliphatic rings. The fourth-order valence-corrected chi connectivity index (χ4v) is 4.58. The number of nitrogens with zero attached hydrogens (tertiary/aromatic N) is 1. The van der Waals surface area contributed by atoms with Crippen LogP contribution in [0.3, 0.4) is 0 Å². The second-order valence-corrected chi connectivity index (χ2v) is 9.42. The Hall–Kier alpha value is -4.33. The predicted octanol–water partition coefficient (Wildman–Crippen LogP) is 3.84. The minimum atomic E-state index is -0.990. The molecule has 0 saturated carbocycles. The van der Waals surface area contributed by atoms with Gasteiger partial charge in [0.05, 0.1) is 6.42 Å². The number of rotatable bonds is 7. The van der Waals surface area contributed by atoms with Crippen LogP contribution in [-0.2, 0) is 20.8 Å². The number of benzene rings is 3. The van der Waals surface area contributed by atoms with Crippen molar-refractivity contribution in [3.8, 4) is 0 Å². The molecule has 0 unspecified atom stereocenters. The van der Waals surface area contributed by atoms with E-state index >= 15 is 0 Å². The van der Waals surface area contributed by atoms with Crippen molar-refractivity contribution in [2.75, 3.05) is 13.6 Å². The maximum Gasteiger partial charge on any atom is 0.246 e. The quantitative estimate of drug-likeness (QED) is 0.500. The molecule has 38 heavy (non-hydrogen) atoms. The average molecular weight is 518 g/mol. The first-order valence-electron chi connectivity index (χ1n) is 12.3. The molecule has 1 heterocycles. The molecule has 2 N–H and O–H groups in total. The van der Waals surface area contributed by atoms with Gasteiger partial charge in [-0.3, -0.25) is 14.4 Å². The van der Waals surface area contributed by atoms with E-state index in [4.69, 9.17) is 0 Å². The van der Waals surface area contributed by atoms with E-state index in [0.29, 0.717) is 6.54 Å². The van der Waals surface area contributed by atoms with E-state index in [-0.39, 0.29) is 17.9 Å². The zero-order valence-corrected chi connectivity index (χ0v) is 21.2. The van der Waals surface area contributed by atoms with Gasteiger partial charge in [-0.2, -0.15) is 0 Å². The van der Waals surface area contributed by atoms with Gasteiger partial charge in [-0.1, -0.05) is 66.7 Å². The molecule has 0 saturated heterocycles. The molecule has 0 spiro atoms. The zero-order chi connectivity index (χ0) is 27.2. The second kappa shape index (κ2) is 11.8. The Morgan fingerprint density at radius 3 is 2.21 bits per heavy atom. The number of halogens is 2. The maximum absolute atomic E-state index is 13.5. The van der Waals surface area contributed by atoms with Crippen molar-refractivity contribution in [2.24, 2.45) is 0 Å². The summed E-state index contributed by atoms with van der Waals surface area (Å²) in [5, 5.41) is 5.39. The van der Waals surface area contributed by atoms with Crippen molar-refractivity contribution in [1.82, 2.24) is 15.5 Å². The SMILES string of the molecule is C[C@H](NC(=O)Cc1cc(F)cc(F)c1)C(=O)N[C@@H]1C(=O)N(C)CC(c2ccccc2)=C[C@@H]1c1ccccc1. The maximum atomic E-state index is 13.5. The Kier molecular flexibility index (Phi) is 8.31. The lowest BCUT2D eigenvalue weighted by Gasteiger charge is -2.28. The third-order valence-corrected chi connectivity index (χ3v) is 6.47. The molecule has 0 aromatic heterocycles. The standard InChI is InChI=1S/C30H29F2N3O3/c1-19(33-27(36)15-20-13-24(31)17-25(32)14-20)29(37)34-28-26(22-11-7-4-8-12-22)16-23(18-35(2)30(28)38)21-9-5-3-6-10-21/h3-14,16-17,19,26,28H,15,18H2,1-2H3,(H,33,36)(H,34,37)/t19-,26+,28-/m0/s1. The monoisotopic (exact) mass is 517 g/mol. The van der Waals surface area contributed by atoms with Crippen LogP contribution < -0.4 is 10.6 Å². The predicted molar refractivity (Wildman–Crippen MR) is 141 cm³/mol. The summed E-state index contributed by atoms with van der Waals surface area (Å²) in [6.45, 7) is 1.86. The van der Waals surface area contributed by atoms with Crippen LogP contribution >= 0.6 is 0 Å². The zero-order valence-electron chi connectivity index (χ0n) is 21.2. The number of amides is 3. The first-order chi connectivity index (χ1) is 18.2. The lowest BCUT2D eigenvalue weighted by atomic mass is 9.88. The summed E-state index contributed by atoms with van der Waals surface area (Å²) in [4.78, 5) is 40.7. The van der Waals surface area contributed by atoms with E-state index in [1.54, 1.807) is 11.9 Å². The Morgan fingerprint density at radius 2 is 1.58 bits per heavy atom. The molecule has 3 amide bonds. The van der Waals surface area contributed by atoms with Gasteiger partial charge >= 0.3 is 0 Å². The van der Waals surface area contributed by atoms with Crippen LogP contribution in [0, 0.1) is 11.6 Å². The lowest BCUT2D eigenvalue weighted by molar-refractivity contribution is -0.136. The number of carbonyl (C=O) groups is 3. The van der Waals surface area contributed by atoms with Crippen molar-refractivity contribution in [1.29, 1.82) is 0 Å². The molecule has 0 aliphatic carbocycles. The summed E-state index contributed by atoms with van der Waals surface area (Å²) in [6.07, 6.45) is 1.71. The lowest BCUT2D eigenvalue weighted by Crippen LogP contribution is -2.54. The Morgan fingerprint density at radius 1 is 0.974 bits per heavy atom. The van der Waals surface area contributed by atoms with Crippen LogP contribution in [-0.4, -0.2) is 48.3 Å². The molecule has 3 aromatic rings. The second-order valence-electron chi connectivity index (χ2n) is 9.42. The van der Waals surface area contributed by atoms with E-state index < -0.39 is 41.5 Å². The van der Waals surface area contributed by atoms with E-state index in [9.17, 15) is 23.2 Å². The molecule has 3 aromatic carbocycles. The molecule has 1 aliphatic heterocycles. The van der Waals surface area contributed by atoms with Gasteiger partial charge in [0.2, 0.25) is 17.7 Å². The first-order valence-corrected chi connectivity index (χ1v) is 12.3. The molecule has 6 nitrogen and oxygen atoms in total. The van der Waals surface area contributed by atoms with E-state index in [1.807, 2.05) is 66.7 Å². The van der Waals surface area contributed by atoms with Gasteiger partial charge in [0.15, 0.2) is 0 Å². The summed E-state index contributed by atoms with van der Waals surface area (Å²) < 4.78 is 26.9. The molecule has 0 radical (unpaired) electrons. The Bertz CT molecular complexity index is 1330. The largest absolute Gasteiger partial charge is 0.344 e. The van der Waals surface area contributed by atoms with E-state index in [2.05, 4.69) is 10.6 Å². The molecule has 196 valence electrons. The van der Waals surface area contributed by atoms with Crippen LogP contribution in [0.4, 0.5) is 8.78 Å². The van der Waals surface area contributed by atoms with Gasteiger partial charge in [0.25, 0.3) is 0 Å². The minimum absolute atomic E-state index is 0.149. The molecular formula is C30H29F2N3O3. The highest BCUT2D eigenvalue weighted by Gasteiger charge is 2.36.